The van der Waals surface area contributed by atoms with Gasteiger partial charge in [0.05, 0.1) is 0 Å². The molecule has 0 heterocycles. The molecule has 0 aromatic carbocycles. The summed E-state index contributed by atoms with van der Waals surface area (Å²) in [6.07, 6.45) is 4.63. The van der Waals surface area contributed by atoms with Crippen molar-refractivity contribution in [1.82, 2.24) is 4.72 Å². The third-order valence-corrected chi connectivity index (χ3v) is 3.16. The normalized spacial score (nSPS) is 24.8. The second kappa shape index (κ2) is 2.68. The van der Waals surface area contributed by atoms with Gasteiger partial charge in [0.2, 0.25) is 0 Å². The van der Waals surface area contributed by atoms with Crippen LogP contribution in [-0.2, 0) is 10.2 Å². The second-order valence-corrected chi connectivity index (χ2v) is 5.19. The number of nitrogens with two attached hydrogens (primary N) is 1. The molecule has 4 nitrogen and oxygen atoms in total. The van der Waals surface area contributed by atoms with Crippen molar-refractivity contribution < 1.29 is 8.42 Å². The van der Waals surface area contributed by atoms with Crippen LogP contribution in [0.25, 0.3) is 0 Å². The van der Waals surface area contributed by atoms with Crippen LogP contribution in [0.1, 0.15) is 25.7 Å². The Bertz CT molecular complexity index is 255. The zero-order chi connectivity index (χ0) is 8.77. The molecule has 0 saturated heterocycles. The Morgan fingerprint density at radius 2 is 1.58 bits per heavy atom. The summed E-state index contributed by atoms with van der Waals surface area (Å²) in [5.74, 6) is 1.13. The highest BCUT2D eigenvalue weighted by molar-refractivity contribution is 7.87. The molecule has 2 fully saturated rings. The van der Waals surface area contributed by atoms with Crippen molar-refractivity contribution in [3.8, 4) is 0 Å². The number of hydrogen-bond acceptors (Lipinski definition) is 2. The Hall–Kier alpha value is -0.130. The minimum atomic E-state index is -3.48. The van der Waals surface area contributed by atoms with Gasteiger partial charge in [-0.15, -0.1) is 0 Å². The summed E-state index contributed by atoms with van der Waals surface area (Å²) < 4.78 is 24.1. The maximum Gasteiger partial charge on any atom is 0.274 e. The number of nitrogens with one attached hydrogen (secondary N) is 1. The highest BCUT2D eigenvalue weighted by atomic mass is 32.2. The van der Waals surface area contributed by atoms with E-state index in [1.54, 1.807) is 0 Å². The number of hydrogen-bond donors (Lipinski definition) is 2. The first-order chi connectivity index (χ1) is 5.56. The molecule has 2 rings (SSSR count). The van der Waals surface area contributed by atoms with E-state index in [1.807, 2.05) is 0 Å². The molecule has 0 bridgehead atoms. The van der Waals surface area contributed by atoms with Crippen LogP contribution in [0.4, 0.5) is 0 Å². The highest BCUT2D eigenvalue weighted by Gasteiger charge is 2.42. The standard InChI is InChI=1S/C7H14N2O2S/c8-12(10,11)9-7(5-1-2-5)6-3-4-6/h5-7,9H,1-4H2,(H2,8,10,11). The van der Waals surface area contributed by atoms with Crippen LogP contribution in [0.15, 0.2) is 0 Å². The Kier molecular flexibility index (Phi) is 1.89. The summed E-state index contributed by atoms with van der Waals surface area (Å²) in [6, 6.07) is 0.139. The van der Waals surface area contributed by atoms with Gasteiger partial charge in [0, 0.05) is 6.04 Å². The lowest BCUT2D eigenvalue weighted by Gasteiger charge is -2.14. The van der Waals surface area contributed by atoms with E-state index in [-0.39, 0.29) is 6.04 Å². The molecule has 0 amide bonds. The lowest BCUT2D eigenvalue weighted by atomic mass is 10.1. The average Bonchev–Trinajstić information content (AvgIpc) is 2.78. The van der Waals surface area contributed by atoms with E-state index in [9.17, 15) is 8.42 Å². The molecule has 5 heteroatoms. The first-order valence-electron chi connectivity index (χ1n) is 4.36. The minimum Gasteiger partial charge on any atom is -0.216 e. The van der Waals surface area contributed by atoms with Gasteiger partial charge in [0.15, 0.2) is 0 Å². The van der Waals surface area contributed by atoms with Gasteiger partial charge in [-0.05, 0) is 37.5 Å². The second-order valence-electron chi connectivity index (χ2n) is 3.86. The van der Waals surface area contributed by atoms with E-state index >= 15 is 0 Å². The van der Waals surface area contributed by atoms with Crippen LogP contribution in [-0.4, -0.2) is 14.5 Å². The molecule has 0 aliphatic heterocycles. The summed E-state index contributed by atoms with van der Waals surface area (Å²) in [4.78, 5) is 0. The Morgan fingerprint density at radius 1 is 1.17 bits per heavy atom. The minimum absolute atomic E-state index is 0.139. The lowest BCUT2D eigenvalue weighted by molar-refractivity contribution is 0.472. The van der Waals surface area contributed by atoms with Gasteiger partial charge in [0.25, 0.3) is 10.2 Å². The van der Waals surface area contributed by atoms with Crippen LogP contribution < -0.4 is 9.86 Å². The zero-order valence-corrected chi connectivity index (χ0v) is 7.68. The molecular weight excluding hydrogens is 176 g/mol. The Morgan fingerprint density at radius 3 is 1.83 bits per heavy atom. The van der Waals surface area contributed by atoms with Crippen LogP contribution >= 0.6 is 0 Å². The van der Waals surface area contributed by atoms with Gasteiger partial charge < -0.3 is 0 Å². The lowest BCUT2D eigenvalue weighted by Crippen LogP contribution is -2.41. The van der Waals surface area contributed by atoms with Gasteiger partial charge in [-0.3, -0.25) is 0 Å². The largest absolute Gasteiger partial charge is 0.274 e. The summed E-state index contributed by atoms with van der Waals surface area (Å²) in [5.41, 5.74) is 0. The fourth-order valence-corrected chi connectivity index (χ4v) is 2.44. The van der Waals surface area contributed by atoms with Crippen molar-refractivity contribution in [2.24, 2.45) is 17.0 Å². The monoisotopic (exact) mass is 190 g/mol. The third-order valence-electron chi connectivity index (χ3n) is 2.56. The molecule has 0 radical (unpaired) electrons. The molecular formula is C7H14N2O2S. The van der Waals surface area contributed by atoms with Crippen LogP contribution in [0.3, 0.4) is 0 Å². The summed E-state index contributed by atoms with van der Waals surface area (Å²) in [6.45, 7) is 0. The first kappa shape index (κ1) is 8.47. The van der Waals surface area contributed by atoms with Crippen LogP contribution in [0.5, 0.6) is 0 Å². The summed E-state index contributed by atoms with van der Waals surface area (Å²) in [5, 5.41) is 4.93. The van der Waals surface area contributed by atoms with E-state index in [0.717, 1.165) is 25.7 Å². The number of rotatable bonds is 4. The van der Waals surface area contributed by atoms with Crippen LogP contribution in [0, 0.1) is 11.8 Å². The van der Waals surface area contributed by atoms with Crippen molar-refractivity contribution in [2.45, 2.75) is 31.7 Å². The van der Waals surface area contributed by atoms with Gasteiger partial charge in [0.1, 0.15) is 0 Å². The third kappa shape index (κ3) is 2.18. The van der Waals surface area contributed by atoms with E-state index in [4.69, 9.17) is 5.14 Å². The van der Waals surface area contributed by atoms with Gasteiger partial charge >= 0.3 is 0 Å². The molecule has 0 atom stereocenters. The summed E-state index contributed by atoms with van der Waals surface area (Å²) >= 11 is 0. The molecule has 0 spiro atoms. The van der Waals surface area contributed by atoms with E-state index in [0.29, 0.717) is 11.8 Å². The fourth-order valence-electron chi connectivity index (χ4n) is 1.68. The highest BCUT2D eigenvalue weighted by Crippen LogP contribution is 2.44. The van der Waals surface area contributed by atoms with Crippen molar-refractivity contribution >= 4 is 10.2 Å². The van der Waals surface area contributed by atoms with Crippen molar-refractivity contribution in [2.75, 3.05) is 0 Å². The summed E-state index contributed by atoms with van der Waals surface area (Å²) in [7, 11) is -3.48. The van der Waals surface area contributed by atoms with Crippen molar-refractivity contribution in [1.29, 1.82) is 0 Å². The van der Waals surface area contributed by atoms with Gasteiger partial charge in [-0.2, -0.15) is 13.1 Å². The predicted octanol–water partition coefficient (Wildman–Crippen LogP) is -0.0319. The average molecular weight is 190 g/mol. The zero-order valence-electron chi connectivity index (χ0n) is 6.86. The molecule has 2 aliphatic carbocycles. The molecule has 70 valence electrons. The SMILES string of the molecule is NS(=O)(=O)NC(C1CC1)C1CC1. The smallest absolute Gasteiger partial charge is 0.216 e. The van der Waals surface area contributed by atoms with Crippen molar-refractivity contribution in [3.63, 3.8) is 0 Å². The predicted molar refractivity (Wildman–Crippen MR) is 45.5 cm³/mol. The Balaban J connectivity index is 1.96. The molecule has 12 heavy (non-hydrogen) atoms. The van der Waals surface area contributed by atoms with E-state index in [2.05, 4.69) is 4.72 Å². The van der Waals surface area contributed by atoms with E-state index in [1.165, 1.54) is 0 Å². The Labute approximate surface area is 72.7 Å². The maximum atomic E-state index is 10.8. The van der Waals surface area contributed by atoms with Gasteiger partial charge in [-0.25, -0.2) is 5.14 Å². The molecule has 2 aliphatic rings. The molecule has 0 aromatic heterocycles. The molecule has 3 N–H and O–H groups in total. The first-order valence-corrected chi connectivity index (χ1v) is 5.91. The molecule has 2 saturated carbocycles. The molecule has 0 aromatic rings. The molecule has 0 unspecified atom stereocenters. The van der Waals surface area contributed by atoms with E-state index < -0.39 is 10.2 Å². The topological polar surface area (TPSA) is 72.2 Å². The quantitative estimate of drug-likeness (QED) is 0.653. The van der Waals surface area contributed by atoms with Gasteiger partial charge in [-0.1, -0.05) is 0 Å². The van der Waals surface area contributed by atoms with Crippen molar-refractivity contribution in [3.05, 3.63) is 0 Å². The maximum absolute atomic E-state index is 10.8. The fraction of sp³-hybridized carbons (Fsp3) is 1.00. The van der Waals surface area contributed by atoms with Crippen LogP contribution in [0.2, 0.25) is 0 Å².